The molecule has 1 fully saturated rings. The smallest absolute Gasteiger partial charge is 0.131 e. The Morgan fingerprint density at radius 1 is 0.676 bits per heavy atom. The van der Waals surface area contributed by atoms with Gasteiger partial charge in [-0.2, -0.15) is 0 Å². The van der Waals surface area contributed by atoms with E-state index in [1.54, 1.807) is 0 Å². The van der Waals surface area contributed by atoms with Gasteiger partial charge in [-0.05, 0) is 80.5 Å². The van der Waals surface area contributed by atoms with Crippen LogP contribution in [-0.2, 0) is 12.8 Å². The predicted octanol–water partition coefficient (Wildman–Crippen LogP) is 8.86. The van der Waals surface area contributed by atoms with E-state index in [0.717, 1.165) is 24.6 Å². The van der Waals surface area contributed by atoms with E-state index >= 15 is 0 Å². The zero-order chi connectivity index (χ0) is 23.8. The van der Waals surface area contributed by atoms with Crippen molar-refractivity contribution in [2.45, 2.75) is 122 Å². The van der Waals surface area contributed by atoms with Gasteiger partial charge >= 0.3 is 0 Å². The van der Waals surface area contributed by atoms with E-state index in [4.69, 9.17) is 14.7 Å². The Balaban J connectivity index is 1.31. The van der Waals surface area contributed by atoms with E-state index in [1.165, 1.54) is 107 Å². The van der Waals surface area contributed by atoms with Crippen LogP contribution in [0.3, 0.4) is 0 Å². The molecule has 0 radical (unpaired) electrons. The third-order valence-corrected chi connectivity index (χ3v) is 7.48. The molecule has 3 heteroatoms. The maximum absolute atomic E-state index is 6.15. The van der Waals surface area contributed by atoms with Gasteiger partial charge in [-0.3, -0.25) is 0 Å². The van der Waals surface area contributed by atoms with Gasteiger partial charge in [-0.1, -0.05) is 77.3 Å². The number of hydrogen-bond donors (Lipinski definition) is 0. The van der Waals surface area contributed by atoms with Crippen molar-refractivity contribution in [1.82, 2.24) is 9.97 Å². The fraction of sp³-hybridized carbons (Fsp3) is 0.677. The van der Waals surface area contributed by atoms with Crippen LogP contribution in [0, 0.1) is 5.92 Å². The van der Waals surface area contributed by atoms with Crippen molar-refractivity contribution in [3.63, 3.8) is 0 Å². The van der Waals surface area contributed by atoms with Gasteiger partial charge in [0.25, 0.3) is 0 Å². The van der Waals surface area contributed by atoms with Crippen molar-refractivity contribution >= 4 is 0 Å². The molecular formula is C31H48N2O. The lowest BCUT2D eigenvalue weighted by Gasteiger charge is -2.27. The zero-order valence-electron chi connectivity index (χ0n) is 21.9. The highest BCUT2D eigenvalue weighted by Crippen LogP contribution is 2.34. The number of rotatable bonds is 16. The number of aromatic nitrogens is 2. The average Bonchev–Trinajstić information content (AvgIpc) is 2.89. The number of aryl methyl sites for hydroxylation is 2. The molecule has 1 aromatic carbocycles. The normalized spacial score (nSPS) is 18.2. The molecule has 0 atom stereocenters. The van der Waals surface area contributed by atoms with Crippen molar-refractivity contribution in [2.24, 2.45) is 5.92 Å². The maximum atomic E-state index is 6.15. The summed E-state index contributed by atoms with van der Waals surface area (Å²) in [4.78, 5) is 9.48. The van der Waals surface area contributed by atoms with Crippen LogP contribution in [0.15, 0.2) is 36.7 Å². The summed E-state index contributed by atoms with van der Waals surface area (Å²) in [6.45, 7) is 5.37. The average molecular weight is 465 g/mol. The Morgan fingerprint density at radius 2 is 1.24 bits per heavy atom. The first-order valence-corrected chi connectivity index (χ1v) is 14.3. The zero-order valence-corrected chi connectivity index (χ0v) is 21.9. The van der Waals surface area contributed by atoms with E-state index in [0.29, 0.717) is 11.8 Å². The summed E-state index contributed by atoms with van der Waals surface area (Å²) in [6, 6.07) is 8.81. The molecule has 2 aromatic rings. The van der Waals surface area contributed by atoms with Gasteiger partial charge in [-0.25, -0.2) is 9.97 Å². The predicted molar refractivity (Wildman–Crippen MR) is 144 cm³/mol. The van der Waals surface area contributed by atoms with Gasteiger partial charge in [0.1, 0.15) is 11.6 Å². The van der Waals surface area contributed by atoms with Crippen molar-refractivity contribution in [1.29, 1.82) is 0 Å². The maximum Gasteiger partial charge on any atom is 0.131 e. The van der Waals surface area contributed by atoms with Crippen LogP contribution >= 0.6 is 0 Å². The third-order valence-electron chi connectivity index (χ3n) is 7.48. The van der Waals surface area contributed by atoms with Gasteiger partial charge in [-0.15, -0.1) is 0 Å². The Kier molecular flexibility index (Phi) is 12.5. The summed E-state index contributed by atoms with van der Waals surface area (Å²) >= 11 is 0. The molecule has 3 rings (SSSR count). The van der Waals surface area contributed by atoms with E-state index < -0.39 is 0 Å². The minimum Gasteiger partial charge on any atom is -0.493 e. The molecule has 0 aliphatic heterocycles. The SMILES string of the molecule is CCCCCCCc1ccc(OC[C@H]2CC[C@H](c3ncc(CCCCCCC)cn3)CC2)cc1. The molecule has 188 valence electrons. The molecule has 0 spiro atoms. The van der Waals surface area contributed by atoms with Crippen LogP contribution in [0.25, 0.3) is 0 Å². The Bertz CT molecular complexity index is 763. The first kappa shape index (κ1) is 26.7. The first-order valence-electron chi connectivity index (χ1n) is 14.3. The highest BCUT2D eigenvalue weighted by Gasteiger charge is 2.24. The van der Waals surface area contributed by atoms with Crippen molar-refractivity contribution in [3.05, 3.63) is 53.6 Å². The quantitative estimate of drug-likeness (QED) is 0.233. The molecule has 0 unspecified atom stereocenters. The van der Waals surface area contributed by atoms with Gasteiger partial charge in [0.05, 0.1) is 6.61 Å². The molecule has 34 heavy (non-hydrogen) atoms. The number of unbranched alkanes of at least 4 members (excludes halogenated alkanes) is 8. The second-order valence-electron chi connectivity index (χ2n) is 10.5. The fourth-order valence-corrected chi connectivity index (χ4v) is 5.12. The summed E-state index contributed by atoms with van der Waals surface area (Å²) in [5, 5.41) is 0. The van der Waals surface area contributed by atoms with Crippen LogP contribution in [0.5, 0.6) is 5.75 Å². The number of benzene rings is 1. The lowest BCUT2D eigenvalue weighted by molar-refractivity contribution is 0.198. The van der Waals surface area contributed by atoms with Gasteiger partial charge < -0.3 is 4.74 Å². The minimum absolute atomic E-state index is 0.520. The molecule has 1 aromatic heterocycles. The third kappa shape index (κ3) is 9.76. The standard InChI is InChI=1S/C31H48N2O/c1-3-5-7-9-11-13-26-17-21-30(22-18-26)34-25-27-15-19-29(20-16-27)31-32-23-28(24-33-31)14-12-10-8-6-4-2/h17-18,21-24,27,29H,3-16,19-20,25H2,1-2H3/t27-,29-. The van der Waals surface area contributed by atoms with E-state index in [2.05, 4.69) is 50.5 Å². The van der Waals surface area contributed by atoms with E-state index in [1.807, 2.05) is 0 Å². The molecule has 0 saturated heterocycles. The molecule has 0 bridgehead atoms. The second-order valence-corrected chi connectivity index (χ2v) is 10.5. The van der Waals surface area contributed by atoms with Crippen LogP contribution in [0.2, 0.25) is 0 Å². The van der Waals surface area contributed by atoms with Gasteiger partial charge in [0, 0.05) is 18.3 Å². The summed E-state index contributed by atoms with van der Waals surface area (Å²) in [5.74, 6) is 3.24. The lowest BCUT2D eigenvalue weighted by Crippen LogP contribution is -2.20. The Labute approximate surface area is 209 Å². The minimum atomic E-state index is 0.520. The molecule has 1 aliphatic rings. The topological polar surface area (TPSA) is 35.0 Å². The number of ether oxygens (including phenoxy) is 1. The summed E-state index contributed by atoms with van der Waals surface area (Å²) in [5.41, 5.74) is 2.73. The summed E-state index contributed by atoms with van der Waals surface area (Å²) in [7, 11) is 0. The van der Waals surface area contributed by atoms with Crippen LogP contribution in [0.4, 0.5) is 0 Å². The first-order chi connectivity index (χ1) is 16.8. The molecule has 0 amide bonds. The van der Waals surface area contributed by atoms with E-state index in [-0.39, 0.29) is 0 Å². The van der Waals surface area contributed by atoms with Crippen LogP contribution < -0.4 is 4.74 Å². The van der Waals surface area contributed by atoms with Crippen molar-refractivity contribution < 1.29 is 4.74 Å². The van der Waals surface area contributed by atoms with Crippen molar-refractivity contribution in [2.75, 3.05) is 6.61 Å². The fourth-order valence-electron chi connectivity index (χ4n) is 5.12. The van der Waals surface area contributed by atoms with E-state index in [9.17, 15) is 0 Å². The highest BCUT2D eigenvalue weighted by molar-refractivity contribution is 5.27. The monoisotopic (exact) mass is 464 g/mol. The van der Waals surface area contributed by atoms with Crippen LogP contribution in [0.1, 0.15) is 127 Å². The summed E-state index contributed by atoms with van der Waals surface area (Å²) < 4.78 is 6.15. The largest absolute Gasteiger partial charge is 0.493 e. The van der Waals surface area contributed by atoms with Crippen molar-refractivity contribution in [3.8, 4) is 5.75 Å². The van der Waals surface area contributed by atoms with Crippen LogP contribution in [-0.4, -0.2) is 16.6 Å². The summed E-state index contributed by atoms with van der Waals surface area (Å²) in [6.07, 6.45) is 24.5. The molecule has 1 aliphatic carbocycles. The number of nitrogens with zero attached hydrogens (tertiary/aromatic N) is 2. The second kappa shape index (κ2) is 15.9. The van der Waals surface area contributed by atoms with Gasteiger partial charge in [0.2, 0.25) is 0 Å². The molecule has 1 heterocycles. The molecule has 3 nitrogen and oxygen atoms in total. The van der Waals surface area contributed by atoms with Gasteiger partial charge in [0.15, 0.2) is 0 Å². The molecule has 0 N–H and O–H groups in total. The molecular weight excluding hydrogens is 416 g/mol. The molecule has 1 saturated carbocycles. The number of hydrogen-bond acceptors (Lipinski definition) is 3. The lowest BCUT2D eigenvalue weighted by atomic mass is 9.82. The highest BCUT2D eigenvalue weighted by atomic mass is 16.5. The Morgan fingerprint density at radius 3 is 1.82 bits per heavy atom. The Hall–Kier alpha value is -1.90.